The van der Waals surface area contributed by atoms with Crippen LogP contribution in [0.2, 0.25) is 0 Å². The number of thioether (sulfide) groups is 1. The average Bonchev–Trinajstić information content (AvgIpc) is 2.39. The Balaban J connectivity index is 2.42. The van der Waals surface area contributed by atoms with Gasteiger partial charge in [0.05, 0.1) is 0 Å². The average molecular weight is 171 g/mol. The fraction of sp³-hybridized carbons (Fsp3) is 0.778. The van der Waals surface area contributed by atoms with Crippen LogP contribution in [0.3, 0.4) is 0 Å². The molecule has 1 fully saturated rings. The first-order valence-corrected chi connectivity index (χ1v) is 5.37. The van der Waals surface area contributed by atoms with Crippen molar-refractivity contribution in [1.29, 1.82) is 0 Å². The van der Waals surface area contributed by atoms with Crippen LogP contribution in [0.1, 0.15) is 20.3 Å². The zero-order valence-corrected chi connectivity index (χ0v) is 8.16. The highest BCUT2D eigenvalue weighted by molar-refractivity contribution is 7.99. The lowest BCUT2D eigenvalue weighted by molar-refractivity contribution is 0.724. The highest BCUT2D eigenvalue weighted by atomic mass is 32.2. The van der Waals surface area contributed by atoms with Crippen molar-refractivity contribution in [3.05, 3.63) is 11.6 Å². The van der Waals surface area contributed by atoms with Gasteiger partial charge in [0.15, 0.2) is 0 Å². The quantitative estimate of drug-likeness (QED) is 0.643. The van der Waals surface area contributed by atoms with Crippen LogP contribution >= 0.6 is 11.8 Å². The van der Waals surface area contributed by atoms with E-state index in [1.807, 2.05) is 6.92 Å². The summed E-state index contributed by atoms with van der Waals surface area (Å²) >= 11 is 2.05. The van der Waals surface area contributed by atoms with Crippen LogP contribution in [-0.2, 0) is 0 Å². The lowest BCUT2D eigenvalue weighted by Gasteiger charge is -2.08. The van der Waals surface area contributed by atoms with Gasteiger partial charge in [0.1, 0.15) is 0 Å². The van der Waals surface area contributed by atoms with E-state index < -0.39 is 0 Å². The summed E-state index contributed by atoms with van der Waals surface area (Å²) in [6.45, 7) is 4.18. The minimum atomic E-state index is 0.237. The Kier molecular flexibility index (Phi) is 3.46. The molecule has 1 aliphatic heterocycles. The predicted molar refractivity (Wildman–Crippen MR) is 52.8 cm³/mol. The number of allylic oxidation sites excluding steroid dienone is 1. The Morgan fingerprint density at radius 3 is 2.91 bits per heavy atom. The second kappa shape index (κ2) is 4.17. The minimum Gasteiger partial charge on any atom is -0.324 e. The van der Waals surface area contributed by atoms with Crippen LogP contribution < -0.4 is 5.73 Å². The van der Waals surface area contributed by atoms with E-state index in [0.29, 0.717) is 0 Å². The zero-order valence-electron chi connectivity index (χ0n) is 7.34. The molecule has 2 atom stereocenters. The van der Waals surface area contributed by atoms with Gasteiger partial charge in [0, 0.05) is 6.04 Å². The van der Waals surface area contributed by atoms with E-state index in [1.165, 1.54) is 23.5 Å². The van der Waals surface area contributed by atoms with Gasteiger partial charge in [-0.05, 0) is 37.7 Å². The topological polar surface area (TPSA) is 26.0 Å². The van der Waals surface area contributed by atoms with E-state index in [2.05, 4.69) is 24.8 Å². The number of hydrogen-bond donors (Lipinski definition) is 1. The summed E-state index contributed by atoms with van der Waals surface area (Å²) in [6, 6.07) is 0.237. The molecule has 1 nitrogen and oxygen atoms in total. The summed E-state index contributed by atoms with van der Waals surface area (Å²) in [5, 5.41) is 0. The van der Waals surface area contributed by atoms with Crippen molar-refractivity contribution in [3.63, 3.8) is 0 Å². The van der Waals surface area contributed by atoms with E-state index >= 15 is 0 Å². The number of rotatable bonds is 2. The van der Waals surface area contributed by atoms with Crippen molar-refractivity contribution < 1.29 is 0 Å². The molecule has 0 bridgehead atoms. The normalized spacial score (nSPS) is 29.0. The van der Waals surface area contributed by atoms with Crippen molar-refractivity contribution in [2.24, 2.45) is 11.7 Å². The molecule has 0 aromatic carbocycles. The second-order valence-corrected chi connectivity index (χ2v) is 4.47. The third kappa shape index (κ3) is 2.88. The van der Waals surface area contributed by atoms with Crippen LogP contribution in [0.15, 0.2) is 11.6 Å². The smallest absolute Gasteiger partial charge is 0.0222 e. The van der Waals surface area contributed by atoms with Gasteiger partial charge in [-0.3, -0.25) is 0 Å². The molecule has 0 aromatic heterocycles. The summed E-state index contributed by atoms with van der Waals surface area (Å²) in [5.41, 5.74) is 7.08. The van der Waals surface area contributed by atoms with Crippen LogP contribution in [-0.4, -0.2) is 17.5 Å². The first-order valence-electron chi connectivity index (χ1n) is 4.22. The zero-order chi connectivity index (χ0) is 8.27. The molecule has 0 aliphatic carbocycles. The maximum Gasteiger partial charge on any atom is 0.0222 e. The lowest BCUT2D eigenvalue weighted by Crippen LogP contribution is -2.16. The summed E-state index contributed by atoms with van der Waals surface area (Å²) in [5.74, 6) is 3.42. The minimum absolute atomic E-state index is 0.237. The SMILES string of the molecule is CC(=CC1CCSC1)C(C)N. The molecule has 2 heteroatoms. The van der Waals surface area contributed by atoms with Gasteiger partial charge in [-0.15, -0.1) is 0 Å². The van der Waals surface area contributed by atoms with Crippen LogP contribution in [0.25, 0.3) is 0 Å². The molecule has 11 heavy (non-hydrogen) atoms. The summed E-state index contributed by atoms with van der Waals surface area (Å²) in [6.07, 6.45) is 3.69. The molecule has 0 aromatic rings. The van der Waals surface area contributed by atoms with E-state index in [-0.39, 0.29) is 6.04 Å². The fourth-order valence-corrected chi connectivity index (χ4v) is 2.41. The Hall–Kier alpha value is 0.0500. The summed E-state index contributed by atoms with van der Waals surface area (Å²) < 4.78 is 0. The molecule has 1 heterocycles. The van der Waals surface area contributed by atoms with Crippen molar-refractivity contribution >= 4 is 11.8 Å². The summed E-state index contributed by atoms with van der Waals surface area (Å²) in [4.78, 5) is 0. The largest absolute Gasteiger partial charge is 0.324 e. The van der Waals surface area contributed by atoms with Gasteiger partial charge in [-0.2, -0.15) is 11.8 Å². The van der Waals surface area contributed by atoms with E-state index in [0.717, 1.165) is 5.92 Å². The maximum atomic E-state index is 5.74. The lowest BCUT2D eigenvalue weighted by atomic mass is 10.0. The molecule has 64 valence electrons. The molecule has 1 rings (SSSR count). The van der Waals surface area contributed by atoms with E-state index in [4.69, 9.17) is 5.73 Å². The van der Waals surface area contributed by atoms with Crippen LogP contribution in [0.5, 0.6) is 0 Å². The highest BCUT2D eigenvalue weighted by Gasteiger charge is 2.13. The first kappa shape index (κ1) is 9.14. The Bertz CT molecular complexity index is 146. The molecular weight excluding hydrogens is 154 g/mol. The highest BCUT2D eigenvalue weighted by Crippen LogP contribution is 2.25. The van der Waals surface area contributed by atoms with Gasteiger partial charge in [0.2, 0.25) is 0 Å². The monoisotopic (exact) mass is 171 g/mol. The van der Waals surface area contributed by atoms with Gasteiger partial charge < -0.3 is 5.73 Å². The number of hydrogen-bond acceptors (Lipinski definition) is 2. The number of nitrogens with two attached hydrogens (primary N) is 1. The van der Waals surface area contributed by atoms with Crippen LogP contribution in [0, 0.1) is 5.92 Å². The molecule has 0 spiro atoms. The molecule has 2 N–H and O–H groups in total. The third-order valence-corrected chi connectivity index (χ3v) is 3.37. The molecule has 1 saturated heterocycles. The predicted octanol–water partition coefficient (Wildman–Crippen LogP) is 2.03. The Morgan fingerprint density at radius 1 is 1.73 bits per heavy atom. The van der Waals surface area contributed by atoms with Crippen molar-refractivity contribution in [3.8, 4) is 0 Å². The van der Waals surface area contributed by atoms with Crippen molar-refractivity contribution in [2.75, 3.05) is 11.5 Å². The molecular formula is C9H17NS. The Morgan fingerprint density at radius 2 is 2.45 bits per heavy atom. The standard InChI is InChI=1S/C9H17NS/c1-7(8(2)10)5-9-3-4-11-6-9/h5,8-9H,3-4,6,10H2,1-2H3. The van der Waals surface area contributed by atoms with E-state index in [9.17, 15) is 0 Å². The first-order chi connectivity index (χ1) is 5.20. The maximum absolute atomic E-state index is 5.74. The van der Waals surface area contributed by atoms with Gasteiger partial charge in [-0.1, -0.05) is 11.6 Å². The molecule has 0 amide bonds. The van der Waals surface area contributed by atoms with Crippen molar-refractivity contribution in [2.45, 2.75) is 26.3 Å². The van der Waals surface area contributed by atoms with Gasteiger partial charge in [-0.25, -0.2) is 0 Å². The van der Waals surface area contributed by atoms with Gasteiger partial charge >= 0.3 is 0 Å². The molecule has 0 saturated carbocycles. The van der Waals surface area contributed by atoms with Crippen molar-refractivity contribution in [1.82, 2.24) is 0 Å². The van der Waals surface area contributed by atoms with Crippen LogP contribution in [0.4, 0.5) is 0 Å². The van der Waals surface area contributed by atoms with Gasteiger partial charge in [0.25, 0.3) is 0 Å². The third-order valence-electron chi connectivity index (χ3n) is 2.18. The molecule has 1 aliphatic rings. The van der Waals surface area contributed by atoms with E-state index in [1.54, 1.807) is 0 Å². The Labute approximate surface area is 73.4 Å². The summed E-state index contributed by atoms with van der Waals surface area (Å²) in [7, 11) is 0. The molecule has 0 radical (unpaired) electrons. The second-order valence-electron chi connectivity index (χ2n) is 3.32. The fourth-order valence-electron chi connectivity index (χ4n) is 1.21. The molecule has 2 unspecified atom stereocenters.